The number of nitrogens with zero attached hydrogens (tertiary/aromatic N) is 2. The van der Waals surface area contributed by atoms with Crippen LogP contribution in [0, 0.1) is 0 Å². The van der Waals surface area contributed by atoms with Crippen LogP contribution in [0.15, 0.2) is 29.4 Å². The molecule has 2 rings (SSSR count). The smallest absolute Gasteiger partial charge is 0.244 e. The Balaban J connectivity index is 1.78. The number of rotatable bonds is 5. The largest absolute Gasteiger partial charge is 0.342 e. The molecule has 1 saturated heterocycles. The molecule has 1 aliphatic heterocycles. The van der Waals surface area contributed by atoms with Crippen LogP contribution >= 0.6 is 11.6 Å². The fourth-order valence-corrected chi connectivity index (χ4v) is 2.45. The van der Waals surface area contributed by atoms with Crippen molar-refractivity contribution in [3.05, 3.63) is 34.9 Å². The lowest BCUT2D eigenvalue weighted by atomic mass is 10.1. The van der Waals surface area contributed by atoms with Gasteiger partial charge >= 0.3 is 0 Å². The molecule has 118 valence electrons. The highest BCUT2D eigenvalue weighted by atomic mass is 35.5. The highest BCUT2D eigenvalue weighted by Gasteiger charge is 2.18. The van der Waals surface area contributed by atoms with Crippen molar-refractivity contribution < 1.29 is 9.59 Å². The van der Waals surface area contributed by atoms with Gasteiger partial charge in [-0.05, 0) is 37.5 Å². The van der Waals surface area contributed by atoms with E-state index in [1.807, 2.05) is 4.90 Å². The molecule has 0 atom stereocenters. The summed E-state index contributed by atoms with van der Waals surface area (Å²) in [4.78, 5) is 25.6. The maximum atomic E-state index is 11.9. The number of hydrogen-bond donors (Lipinski definition) is 1. The third-order valence-corrected chi connectivity index (χ3v) is 3.77. The molecule has 5 nitrogen and oxygen atoms in total. The summed E-state index contributed by atoms with van der Waals surface area (Å²) in [5.74, 6) is -0.138. The lowest BCUT2D eigenvalue weighted by Gasteiger charge is -2.14. The van der Waals surface area contributed by atoms with Crippen LogP contribution in [-0.2, 0) is 16.0 Å². The third-order valence-electron chi connectivity index (χ3n) is 3.52. The van der Waals surface area contributed by atoms with Gasteiger partial charge in [-0.2, -0.15) is 5.10 Å². The highest BCUT2D eigenvalue weighted by molar-refractivity contribution is 6.30. The Morgan fingerprint density at radius 2 is 1.86 bits per heavy atom. The van der Waals surface area contributed by atoms with Crippen molar-refractivity contribution in [3.63, 3.8) is 0 Å². The lowest BCUT2D eigenvalue weighted by Crippen LogP contribution is -2.29. The average Bonchev–Trinajstić information content (AvgIpc) is 3.02. The van der Waals surface area contributed by atoms with Crippen molar-refractivity contribution in [2.24, 2.45) is 5.10 Å². The molecule has 0 radical (unpaired) electrons. The van der Waals surface area contributed by atoms with Crippen molar-refractivity contribution in [1.29, 1.82) is 0 Å². The Labute approximate surface area is 135 Å². The molecule has 0 aromatic heterocycles. The number of carbonyl (C=O) groups excluding carboxylic acids is 2. The van der Waals surface area contributed by atoms with Gasteiger partial charge < -0.3 is 4.90 Å². The van der Waals surface area contributed by atoms with E-state index in [4.69, 9.17) is 11.6 Å². The van der Waals surface area contributed by atoms with Crippen LogP contribution in [0.1, 0.15) is 31.7 Å². The first-order valence-corrected chi connectivity index (χ1v) is 7.76. The summed E-state index contributed by atoms with van der Waals surface area (Å²) in [6.07, 6.45) is 2.62. The van der Waals surface area contributed by atoms with Crippen LogP contribution < -0.4 is 5.43 Å². The zero-order valence-electron chi connectivity index (χ0n) is 12.6. The fourth-order valence-electron chi connectivity index (χ4n) is 2.32. The van der Waals surface area contributed by atoms with Crippen LogP contribution in [0.4, 0.5) is 0 Å². The molecule has 0 bridgehead atoms. The predicted octanol–water partition coefficient (Wildman–Crippen LogP) is 2.39. The number of hydrogen-bond acceptors (Lipinski definition) is 3. The number of halogens is 1. The molecule has 0 unspecified atom stereocenters. The Hall–Kier alpha value is -1.88. The molecular formula is C16H20ClN3O2. The molecule has 1 fully saturated rings. The maximum absolute atomic E-state index is 11.9. The monoisotopic (exact) mass is 321 g/mol. The SMILES string of the molecule is C/C(CC(=O)N1CCCC1)=N\NC(=O)Cc1ccc(Cl)cc1. The molecule has 6 heteroatoms. The summed E-state index contributed by atoms with van der Waals surface area (Å²) in [6.45, 7) is 3.40. The van der Waals surface area contributed by atoms with E-state index in [-0.39, 0.29) is 24.7 Å². The second kappa shape index (κ2) is 7.94. The normalized spacial score (nSPS) is 15.0. The first-order valence-electron chi connectivity index (χ1n) is 7.39. The molecule has 1 aromatic rings. The van der Waals surface area contributed by atoms with Crippen molar-refractivity contribution in [2.75, 3.05) is 13.1 Å². The van der Waals surface area contributed by atoms with E-state index in [0.717, 1.165) is 31.5 Å². The van der Waals surface area contributed by atoms with E-state index in [1.54, 1.807) is 31.2 Å². The zero-order chi connectivity index (χ0) is 15.9. The Bertz CT molecular complexity index is 563. The highest BCUT2D eigenvalue weighted by Crippen LogP contribution is 2.10. The molecule has 1 heterocycles. The second-order valence-corrected chi connectivity index (χ2v) is 5.89. The lowest BCUT2D eigenvalue weighted by molar-refractivity contribution is -0.128. The molecule has 0 spiro atoms. The standard InChI is InChI=1S/C16H20ClN3O2/c1-12(10-16(22)20-8-2-3-9-20)18-19-15(21)11-13-4-6-14(17)7-5-13/h4-7H,2-3,8-11H2,1H3,(H,19,21)/b18-12+. The number of carbonyl (C=O) groups is 2. The number of nitrogens with one attached hydrogen (secondary N) is 1. The van der Waals surface area contributed by atoms with E-state index < -0.39 is 0 Å². The van der Waals surface area contributed by atoms with Gasteiger partial charge in [0.1, 0.15) is 0 Å². The van der Waals surface area contributed by atoms with Gasteiger partial charge in [0, 0.05) is 23.8 Å². The Kier molecular flexibility index (Phi) is 5.95. The van der Waals surface area contributed by atoms with E-state index in [9.17, 15) is 9.59 Å². The molecule has 2 amide bonds. The first kappa shape index (κ1) is 16.5. The summed E-state index contributed by atoms with van der Waals surface area (Å²) in [5, 5.41) is 4.63. The second-order valence-electron chi connectivity index (χ2n) is 5.45. The fraction of sp³-hybridized carbons (Fsp3) is 0.438. The van der Waals surface area contributed by atoms with E-state index in [0.29, 0.717) is 10.7 Å². The van der Waals surface area contributed by atoms with Crippen LogP contribution in [0.25, 0.3) is 0 Å². The van der Waals surface area contributed by atoms with Crippen LogP contribution in [-0.4, -0.2) is 35.5 Å². The van der Waals surface area contributed by atoms with Gasteiger partial charge in [0.05, 0.1) is 12.8 Å². The number of likely N-dealkylation sites (tertiary alicyclic amines) is 1. The quantitative estimate of drug-likeness (QED) is 0.668. The Morgan fingerprint density at radius 1 is 1.23 bits per heavy atom. The summed E-state index contributed by atoms with van der Waals surface area (Å²) in [5.41, 5.74) is 3.96. The number of amides is 2. The molecule has 0 saturated carbocycles. The van der Waals surface area contributed by atoms with Crippen LogP contribution in [0.2, 0.25) is 5.02 Å². The van der Waals surface area contributed by atoms with E-state index in [1.165, 1.54) is 0 Å². The summed E-state index contributed by atoms with van der Waals surface area (Å²) in [6, 6.07) is 7.09. The zero-order valence-corrected chi connectivity index (χ0v) is 13.4. The van der Waals surface area contributed by atoms with Crippen molar-refractivity contribution in [3.8, 4) is 0 Å². The number of hydrazone groups is 1. The van der Waals surface area contributed by atoms with Crippen molar-refractivity contribution >= 4 is 29.1 Å². The van der Waals surface area contributed by atoms with Gasteiger partial charge in [-0.3, -0.25) is 9.59 Å². The van der Waals surface area contributed by atoms with Gasteiger partial charge in [0.15, 0.2) is 0 Å². The molecule has 0 aliphatic carbocycles. The molecule has 1 N–H and O–H groups in total. The summed E-state index contributed by atoms with van der Waals surface area (Å²) >= 11 is 5.79. The minimum atomic E-state index is -0.213. The summed E-state index contributed by atoms with van der Waals surface area (Å²) in [7, 11) is 0. The van der Waals surface area contributed by atoms with Gasteiger partial charge in [-0.1, -0.05) is 23.7 Å². The minimum Gasteiger partial charge on any atom is -0.342 e. The average molecular weight is 322 g/mol. The number of benzene rings is 1. The topological polar surface area (TPSA) is 61.8 Å². The van der Waals surface area contributed by atoms with Gasteiger partial charge in [0.2, 0.25) is 11.8 Å². The molecule has 1 aromatic carbocycles. The van der Waals surface area contributed by atoms with Crippen LogP contribution in [0.5, 0.6) is 0 Å². The van der Waals surface area contributed by atoms with Crippen LogP contribution in [0.3, 0.4) is 0 Å². The minimum absolute atomic E-state index is 0.0747. The van der Waals surface area contributed by atoms with E-state index >= 15 is 0 Å². The molecule has 22 heavy (non-hydrogen) atoms. The first-order chi connectivity index (χ1) is 10.5. The maximum Gasteiger partial charge on any atom is 0.244 e. The van der Waals surface area contributed by atoms with Gasteiger partial charge in [-0.25, -0.2) is 5.43 Å². The van der Waals surface area contributed by atoms with Gasteiger partial charge in [0.25, 0.3) is 0 Å². The third kappa shape index (κ3) is 5.15. The van der Waals surface area contributed by atoms with E-state index in [2.05, 4.69) is 10.5 Å². The molecule has 1 aliphatic rings. The van der Waals surface area contributed by atoms with Gasteiger partial charge in [-0.15, -0.1) is 0 Å². The predicted molar refractivity (Wildman–Crippen MR) is 86.8 cm³/mol. The van der Waals surface area contributed by atoms with Crippen molar-refractivity contribution in [1.82, 2.24) is 10.3 Å². The van der Waals surface area contributed by atoms with Crippen molar-refractivity contribution in [2.45, 2.75) is 32.6 Å². The Morgan fingerprint density at radius 3 is 2.50 bits per heavy atom. The summed E-state index contributed by atoms with van der Waals surface area (Å²) < 4.78 is 0. The molecular weight excluding hydrogens is 302 g/mol.